The van der Waals surface area contributed by atoms with Crippen LogP contribution in [0.1, 0.15) is 63.6 Å². The Morgan fingerprint density at radius 1 is 1.26 bits per heavy atom. The monoisotopic (exact) mass is 377 g/mol. The van der Waals surface area contributed by atoms with E-state index in [2.05, 4.69) is 31.1 Å². The molecule has 0 aliphatic rings. The number of nitrogens with one attached hydrogen (secondary N) is 1. The Balaban J connectivity index is 2.73. The molecule has 1 rings (SSSR count). The molecular weight excluding hydrogens is 346 g/mol. The molecule has 150 valence electrons. The van der Waals surface area contributed by atoms with E-state index in [0.717, 1.165) is 6.42 Å². The Morgan fingerprint density at radius 3 is 2.41 bits per heavy atom. The molecule has 0 spiro atoms. The number of rotatable bonds is 8. The fourth-order valence-electron chi connectivity index (χ4n) is 2.60. The molecule has 0 fully saturated rings. The smallest absolute Gasteiger partial charge is 0.326 e. The van der Waals surface area contributed by atoms with Gasteiger partial charge in [-0.2, -0.15) is 0 Å². The first-order valence-corrected chi connectivity index (χ1v) is 9.12. The van der Waals surface area contributed by atoms with Gasteiger partial charge in [0.05, 0.1) is 12.2 Å². The Morgan fingerprint density at radius 2 is 1.89 bits per heavy atom. The van der Waals surface area contributed by atoms with Crippen molar-refractivity contribution >= 4 is 17.8 Å². The quantitative estimate of drug-likeness (QED) is 0.677. The molecule has 0 bridgehead atoms. The van der Waals surface area contributed by atoms with Crippen molar-refractivity contribution in [3.63, 3.8) is 0 Å². The van der Waals surface area contributed by atoms with Gasteiger partial charge >= 0.3 is 12.0 Å². The molecule has 1 heterocycles. The van der Waals surface area contributed by atoms with Crippen LogP contribution in [0.4, 0.5) is 4.79 Å². The number of carboxylic acids is 1. The second-order valence-electron chi connectivity index (χ2n) is 8.27. The standard InChI is InChI=1S/C20H31N3O4/c1-13(10-11-20(3,4)5)17(18(25)26)22-19(27)23(6)12-15-8-7-9-16(21-15)14(2)24/h7-9,13,17H,10-12H2,1-6H3,(H,22,27)(H,25,26)/t13-,17-/m0/s1. The molecule has 1 aromatic rings. The van der Waals surface area contributed by atoms with Crippen molar-refractivity contribution in [1.29, 1.82) is 0 Å². The van der Waals surface area contributed by atoms with E-state index in [9.17, 15) is 19.5 Å². The SMILES string of the molecule is CC(=O)c1cccc(CN(C)C(=O)N[C@H](C(=O)O)[C@@H](C)CCC(C)(C)C)n1. The lowest BCUT2D eigenvalue weighted by Crippen LogP contribution is -2.49. The molecule has 0 saturated heterocycles. The first-order chi connectivity index (χ1) is 12.4. The summed E-state index contributed by atoms with van der Waals surface area (Å²) in [6.07, 6.45) is 1.57. The predicted octanol–water partition coefficient (Wildman–Crippen LogP) is 3.34. The first-order valence-electron chi connectivity index (χ1n) is 9.12. The highest BCUT2D eigenvalue weighted by molar-refractivity contribution is 5.92. The van der Waals surface area contributed by atoms with E-state index >= 15 is 0 Å². The van der Waals surface area contributed by atoms with Crippen LogP contribution in [0.5, 0.6) is 0 Å². The van der Waals surface area contributed by atoms with E-state index in [-0.39, 0.29) is 23.7 Å². The van der Waals surface area contributed by atoms with E-state index in [0.29, 0.717) is 17.8 Å². The zero-order valence-electron chi connectivity index (χ0n) is 17.1. The van der Waals surface area contributed by atoms with Crippen LogP contribution >= 0.6 is 0 Å². The highest BCUT2D eigenvalue weighted by Crippen LogP contribution is 2.25. The molecule has 0 aliphatic heterocycles. The van der Waals surface area contributed by atoms with Crippen LogP contribution in [0.25, 0.3) is 0 Å². The average molecular weight is 377 g/mol. The third kappa shape index (κ3) is 7.76. The molecule has 2 atom stereocenters. The number of hydrogen-bond donors (Lipinski definition) is 2. The molecule has 0 unspecified atom stereocenters. The van der Waals surface area contributed by atoms with Crippen LogP contribution in [0, 0.1) is 11.3 Å². The van der Waals surface area contributed by atoms with Gasteiger partial charge in [-0.25, -0.2) is 14.6 Å². The number of Topliss-reactive ketones (excluding diaryl/α,β-unsaturated/α-hetero) is 1. The number of urea groups is 1. The summed E-state index contributed by atoms with van der Waals surface area (Å²) in [4.78, 5) is 41.1. The van der Waals surface area contributed by atoms with E-state index in [4.69, 9.17) is 0 Å². The van der Waals surface area contributed by atoms with Crippen LogP contribution < -0.4 is 5.32 Å². The number of ketones is 1. The van der Waals surface area contributed by atoms with E-state index in [1.807, 2.05) is 6.92 Å². The molecule has 0 saturated carbocycles. The molecule has 27 heavy (non-hydrogen) atoms. The molecule has 0 aliphatic carbocycles. The van der Waals surface area contributed by atoms with Crippen LogP contribution in [-0.4, -0.2) is 45.9 Å². The lowest BCUT2D eigenvalue weighted by Gasteiger charge is -2.27. The van der Waals surface area contributed by atoms with Crippen molar-refractivity contribution in [2.75, 3.05) is 7.05 Å². The van der Waals surface area contributed by atoms with Crippen molar-refractivity contribution in [3.05, 3.63) is 29.6 Å². The van der Waals surface area contributed by atoms with Gasteiger partial charge in [0.25, 0.3) is 0 Å². The average Bonchev–Trinajstić information content (AvgIpc) is 2.56. The Labute approximate surface area is 161 Å². The largest absolute Gasteiger partial charge is 0.480 e. The van der Waals surface area contributed by atoms with Gasteiger partial charge in [-0.1, -0.05) is 33.8 Å². The molecule has 7 nitrogen and oxygen atoms in total. The van der Waals surface area contributed by atoms with Gasteiger partial charge in [0.2, 0.25) is 0 Å². The second-order valence-corrected chi connectivity index (χ2v) is 8.27. The van der Waals surface area contributed by atoms with Crippen LogP contribution in [0.15, 0.2) is 18.2 Å². The number of nitrogens with zero attached hydrogens (tertiary/aromatic N) is 2. The molecular formula is C20H31N3O4. The van der Waals surface area contributed by atoms with Gasteiger partial charge in [-0.15, -0.1) is 0 Å². The number of aliphatic carboxylic acids is 1. The number of aromatic nitrogens is 1. The summed E-state index contributed by atoms with van der Waals surface area (Å²) in [6.45, 7) is 9.75. The molecule has 2 N–H and O–H groups in total. The van der Waals surface area contributed by atoms with Crippen molar-refractivity contribution in [2.45, 2.75) is 60.0 Å². The summed E-state index contributed by atoms with van der Waals surface area (Å²) in [6, 6.07) is 3.60. The maximum atomic E-state index is 12.4. The summed E-state index contributed by atoms with van der Waals surface area (Å²) in [5.41, 5.74) is 0.999. The van der Waals surface area contributed by atoms with E-state index < -0.39 is 18.0 Å². The number of carboxylic acid groups (broad SMARTS) is 1. The number of hydrogen-bond acceptors (Lipinski definition) is 4. The third-order valence-electron chi connectivity index (χ3n) is 4.38. The zero-order valence-corrected chi connectivity index (χ0v) is 17.1. The number of carbonyl (C=O) groups is 3. The van der Waals surface area contributed by atoms with Crippen molar-refractivity contribution in [2.24, 2.45) is 11.3 Å². The number of carbonyl (C=O) groups excluding carboxylic acids is 2. The fraction of sp³-hybridized carbons (Fsp3) is 0.600. The summed E-state index contributed by atoms with van der Waals surface area (Å²) in [5, 5.41) is 12.1. The van der Waals surface area contributed by atoms with Gasteiger partial charge in [-0.3, -0.25) is 4.79 Å². The van der Waals surface area contributed by atoms with Crippen molar-refractivity contribution in [1.82, 2.24) is 15.2 Å². The number of pyridine rings is 1. The maximum Gasteiger partial charge on any atom is 0.326 e. The van der Waals surface area contributed by atoms with Crippen LogP contribution in [0.3, 0.4) is 0 Å². The lowest BCUT2D eigenvalue weighted by atomic mass is 9.85. The van der Waals surface area contributed by atoms with E-state index in [1.54, 1.807) is 25.2 Å². The van der Waals surface area contributed by atoms with Gasteiger partial charge in [0, 0.05) is 14.0 Å². The topological polar surface area (TPSA) is 99.6 Å². The van der Waals surface area contributed by atoms with Gasteiger partial charge in [0.15, 0.2) is 5.78 Å². The molecule has 7 heteroatoms. The van der Waals surface area contributed by atoms with E-state index in [1.165, 1.54) is 11.8 Å². The molecule has 0 aromatic carbocycles. The fourth-order valence-corrected chi connectivity index (χ4v) is 2.60. The number of amides is 2. The van der Waals surface area contributed by atoms with Gasteiger partial charge in [-0.05, 0) is 36.3 Å². The second kappa shape index (κ2) is 9.48. The first kappa shape index (κ1) is 22.6. The summed E-state index contributed by atoms with van der Waals surface area (Å²) in [7, 11) is 1.57. The zero-order chi connectivity index (χ0) is 20.8. The maximum absolute atomic E-state index is 12.4. The van der Waals surface area contributed by atoms with Crippen molar-refractivity contribution < 1.29 is 19.5 Å². The van der Waals surface area contributed by atoms with Crippen LogP contribution in [0.2, 0.25) is 0 Å². The van der Waals surface area contributed by atoms with Crippen LogP contribution in [-0.2, 0) is 11.3 Å². The minimum atomic E-state index is -1.05. The Bertz CT molecular complexity index is 682. The highest BCUT2D eigenvalue weighted by Gasteiger charge is 2.28. The molecule has 0 radical (unpaired) electrons. The Kier molecular flexibility index (Phi) is 7.94. The minimum absolute atomic E-state index is 0.103. The normalized spacial score (nSPS) is 13.6. The van der Waals surface area contributed by atoms with Gasteiger partial charge in [0.1, 0.15) is 11.7 Å². The Hall–Kier alpha value is -2.44. The summed E-state index contributed by atoms with van der Waals surface area (Å²) in [5.74, 6) is -1.39. The minimum Gasteiger partial charge on any atom is -0.480 e. The van der Waals surface area contributed by atoms with Crippen molar-refractivity contribution in [3.8, 4) is 0 Å². The predicted molar refractivity (Wildman–Crippen MR) is 104 cm³/mol. The summed E-state index contributed by atoms with van der Waals surface area (Å²) < 4.78 is 0. The van der Waals surface area contributed by atoms with Gasteiger partial charge < -0.3 is 15.3 Å². The third-order valence-corrected chi connectivity index (χ3v) is 4.38. The summed E-state index contributed by atoms with van der Waals surface area (Å²) >= 11 is 0. The lowest BCUT2D eigenvalue weighted by molar-refractivity contribution is -0.140. The molecule has 1 aromatic heterocycles. The highest BCUT2D eigenvalue weighted by atomic mass is 16.4. The molecule has 2 amide bonds.